The summed E-state index contributed by atoms with van der Waals surface area (Å²) in [7, 11) is 0. The van der Waals surface area contributed by atoms with E-state index in [1.54, 1.807) is 48.5 Å². The molecule has 0 fully saturated rings. The zero-order valence-corrected chi connectivity index (χ0v) is 23.4. The molecule has 0 atom stereocenters. The quantitative estimate of drug-likeness (QED) is 0.146. The van der Waals surface area contributed by atoms with Crippen LogP contribution in [0.5, 0.6) is 5.75 Å². The highest BCUT2D eigenvalue weighted by Crippen LogP contribution is 2.34. The van der Waals surface area contributed by atoms with Crippen molar-refractivity contribution >= 4 is 66.3 Å². The van der Waals surface area contributed by atoms with Crippen molar-refractivity contribution in [1.29, 1.82) is 0 Å². The maximum Gasteiger partial charge on any atom is 0.312 e. The number of nitro groups is 1. The number of para-hydroxylation sites is 1. The van der Waals surface area contributed by atoms with Crippen LogP contribution in [0, 0.1) is 10.1 Å². The first-order valence-electron chi connectivity index (χ1n) is 11.4. The SMILES string of the molecule is CC(C)c1nc2ccc(Br)cc2c(=O)n1N=Cc1cc(Br)cc([N+](=O)[O-])c1OCC(=O)Nc1ccccc1. The number of nitro benzene ring substituents is 1. The summed E-state index contributed by atoms with van der Waals surface area (Å²) in [5.74, 6) is -0.405. The topological polar surface area (TPSA) is 129 Å². The number of hydrogen-bond donors (Lipinski definition) is 1. The number of nitrogens with zero attached hydrogens (tertiary/aromatic N) is 4. The summed E-state index contributed by atoms with van der Waals surface area (Å²) in [6.07, 6.45) is 1.28. The molecule has 12 heteroatoms. The summed E-state index contributed by atoms with van der Waals surface area (Å²) >= 11 is 6.64. The number of halogens is 2. The van der Waals surface area contributed by atoms with Crippen molar-refractivity contribution in [2.75, 3.05) is 11.9 Å². The van der Waals surface area contributed by atoms with Crippen molar-refractivity contribution in [3.05, 3.63) is 101 Å². The molecule has 194 valence electrons. The van der Waals surface area contributed by atoms with Gasteiger partial charge in [-0.2, -0.15) is 9.78 Å². The number of amides is 1. The molecule has 0 saturated carbocycles. The van der Waals surface area contributed by atoms with Gasteiger partial charge < -0.3 is 10.1 Å². The molecule has 1 N–H and O–H groups in total. The van der Waals surface area contributed by atoms with Gasteiger partial charge in [0.25, 0.3) is 11.5 Å². The van der Waals surface area contributed by atoms with E-state index in [0.29, 0.717) is 31.4 Å². The molecule has 4 rings (SSSR count). The molecule has 4 aromatic rings. The van der Waals surface area contributed by atoms with Crippen molar-refractivity contribution in [1.82, 2.24) is 9.66 Å². The predicted octanol–water partition coefficient (Wildman–Crippen LogP) is 5.85. The van der Waals surface area contributed by atoms with Gasteiger partial charge in [0.15, 0.2) is 6.61 Å². The molecule has 0 spiro atoms. The molecule has 1 amide bonds. The maximum absolute atomic E-state index is 13.3. The number of ether oxygens (including phenoxy) is 1. The maximum atomic E-state index is 13.3. The Labute approximate surface area is 233 Å². The van der Waals surface area contributed by atoms with Crippen LogP contribution >= 0.6 is 31.9 Å². The normalized spacial score (nSPS) is 11.3. The largest absolute Gasteiger partial charge is 0.476 e. The molecular formula is C26H21Br2N5O5. The van der Waals surface area contributed by atoms with E-state index in [2.05, 4.69) is 47.3 Å². The van der Waals surface area contributed by atoms with Crippen molar-refractivity contribution in [3.63, 3.8) is 0 Å². The zero-order valence-electron chi connectivity index (χ0n) is 20.2. The van der Waals surface area contributed by atoms with Crippen molar-refractivity contribution < 1.29 is 14.5 Å². The molecule has 0 radical (unpaired) electrons. The van der Waals surface area contributed by atoms with Crippen LogP contribution in [0.25, 0.3) is 10.9 Å². The van der Waals surface area contributed by atoms with Gasteiger partial charge >= 0.3 is 5.69 Å². The third-order valence-corrected chi connectivity index (χ3v) is 6.28. The minimum Gasteiger partial charge on any atom is -0.476 e. The van der Waals surface area contributed by atoms with E-state index in [1.807, 2.05) is 19.9 Å². The van der Waals surface area contributed by atoms with Crippen LogP contribution in [-0.4, -0.2) is 33.3 Å². The Morgan fingerprint density at radius 2 is 1.89 bits per heavy atom. The summed E-state index contributed by atoms with van der Waals surface area (Å²) in [5, 5.41) is 19.2. The number of carbonyl (C=O) groups is 1. The van der Waals surface area contributed by atoms with Crippen molar-refractivity contribution in [2.45, 2.75) is 19.8 Å². The van der Waals surface area contributed by atoms with Gasteiger partial charge in [0.1, 0.15) is 5.82 Å². The molecule has 0 aliphatic rings. The van der Waals surface area contributed by atoms with E-state index >= 15 is 0 Å². The van der Waals surface area contributed by atoms with E-state index in [4.69, 9.17) is 4.74 Å². The number of fused-ring (bicyclic) bond motifs is 1. The highest BCUT2D eigenvalue weighted by molar-refractivity contribution is 9.10. The van der Waals surface area contributed by atoms with Crippen LogP contribution in [0.3, 0.4) is 0 Å². The van der Waals surface area contributed by atoms with Gasteiger partial charge in [0.05, 0.1) is 22.0 Å². The van der Waals surface area contributed by atoms with Gasteiger partial charge in [-0.1, -0.05) is 63.9 Å². The first kappa shape index (κ1) is 27.1. The Hall–Kier alpha value is -3.90. The van der Waals surface area contributed by atoms with Gasteiger partial charge in [-0.25, -0.2) is 4.98 Å². The number of benzene rings is 3. The third-order valence-electron chi connectivity index (χ3n) is 5.33. The minimum absolute atomic E-state index is 0.151. The highest BCUT2D eigenvalue weighted by Gasteiger charge is 2.22. The Morgan fingerprint density at radius 3 is 2.58 bits per heavy atom. The lowest BCUT2D eigenvalue weighted by molar-refractivity contribution is -0.385. The lowest BCUT2D eigenvalue weighted by atomic mass is 10.1. The standard InChI is InChI=1S/C26H21Br2N5O5/c1-15(2)25-31-21-9-8-17(27)11-20(21)26(35)32(25)29-13-16-10-18(28)12-22(33(36)37)24(16)38-14-23(34)30-19-6-4-3-5-7-19/h3-13,15H,14H2,1-2H3,(H,30,34). The Bertz CT molecular complexity index is 1620. The molecule has 10 nitrogen and oxygen atoms in total. The molecule has 0 unspecified atom stereocenters. The fraction of sp³-hybridized carbons (Fsp3) is 0.154. The second-order valence-electron chi connectivity index (χ2n) is 8.45. The lowest BCUT2D eigenvalue weighted by Gasteiger charge is -2.13. The van der Waals surface area contributed by atoms with Gasteiger partial charge in [-0.3, -0.25) is 19.7 Å². The number of anilines is 1. The van der Waals surface area contributed by atoms with E-state index in [9.17, 15) is 19.7 Å². The molecular weight excluding hydrogens is 622 g/mol. The average Bonchev–Trinajstić information content (AvgIpc) is 2.87. The van der Waals surface area contributed by atoms with Crippen LogP contribution in [0.2, 0.25) is 0 Å². The molecule has 0 aliphatic carbocycles. The molecule has 38 heavy (non-hydrogen) atoms. The van der Waals surface area contributed by atoms with Gasteiger partial charge in [0, 0.05) is 32.2 Å². The first-order chi connectivity index (χ1) is 18.1. The second kappa shape index (κ2) is 11.7. The third kappa shape index (κ3) is 6.14. The van der Waals surface area contributed by atoms with Crippen molar-refractivity contribution in [2.24, 2.45) is 5.10 Å². The van der Waals surface area contributed by atoms with Gasteiger partial charge in [0.2, 0.25) is 5.75 Å². The second-order valence-corrected chi connectivity index (χ2v) is 10.3. The zero-order chi connectivity index (χ0) is 27.4. The molecule has 0 bridgehead atoms. The fourth-order valence-corrected chi connectivity index (χ4v) is 4.44. The number of aromatic nitrogens is 2. The van der Waals surface area contributed by atoms with Crippen molar-refractivity contribution in [3.8, 4) is 5.75 Å². The smallest absolute Gasteiger partial charge is 0.312 e. The predicted molar refractivity (Wildman–Crippen MR) is 152 cm³/mol. The average molecular weight is 643 g/mol. The minimum atomic E-state index is -0.618. The summed E-state index contributed by atoms with van der Waals surface area (Å²) in [4.78, 5) is 41.5. The Morgan fingerprint density at radius 1 is 1.16 bits per heavy atom. The molecule has 0 aliphatic heterocycles. The summed E-state index contributed by atoms with van der Waals surface area (Å²) in [6.45, 7) is 3.27. The van der Waals surface area contributed by atoms with E-state index in [0.717, 1.165) is 4.68 Å². The molecule has 1 aromatic heterocycles. The van der Waals surface area contributed by atoms with Crippen LogP contribution in [-0.2, 0) is 4.79 Å². The number of rotatable bonds is 8. The summed E-state index contributed by atoms with van der Waals surface area (Å²) < 4.78 is 7.89. The monoisotopic (exact) mass is 641 g/mol. The summed E-state index contributed by atoms with van der Waals surface area (Å²) in [5.41, 5.74) is 0.509. The fourth-order valence-electron chi connectivity index (χ4n) is 3.62. The van der Waals surface area contributed by atoms with Crippen LogP contribution in [0.1, 0.15) is 31.2 Å². The van der Waals surface area contributed by atoms with Crippen LogP contribution in [0.4, 0.5) is 11.4 Å². The summed E-state index contributed by atoms with van der Waals surface area (Å²) in [6, 6.07) is 16.8. The highest BCUT2D eigenvalue weighted by atomic mass is 79.9. The van der Waals surface area contributed by atoms with Crippen LogP contribution in [0.15, 0.2) is 79.5 Å². The Kier molecular flexibility index (Phi) is 8.32. The number of nitrogens with one attached hydrogen (secondary N) is 1. The van der Waals surface area contributed by atoms with Gasteiger partial charge in [-0.05, 0) is 36.4 Å². The molecule has 3 aromatic carbocycles. The van der Waals surface area contributed by atoms with Gasteiger partial charge in [-0.15, -0.1) is 0 Å². The lowest BCUT2D eigenvalue weighted by Crippen LogP contribution is -2.23. The number of carbonyl (C=O) groups excluding carboxylic acids is 1. The molecule has 1 heterocycles. The van der Waals surface area contributed by atoms with E-state index in [1.165, 1.54) is 12.3 Å². The Balaban J connectivity index is 1.74. The van der Waals surface area contributed by atoms with Crippen LogP contribution < -0.4 is 15.6 Å². The molecule has 0 saturated heterocycles. The van der Waals surface area contributed by atoms with E-state index < -0.39 is 23.0 Å². The number of hydrogen-bond acceptors (Lipinski definition) is 7. The van der Waals surface area contributed by atoms with E-state index in [-0.39, 0.29) is 22.9 Å². The first-order valence-corrected chi connectivity index (χ1v) is 12.9.